The van der Waals surface area contributed by atoms with E-state index in [1.807, 2.05) is 0 Å². The van der Waals surface area contributed by atoms with Crippen molar-refractivity contribution in [3.8, 4) is 11.1 Å². The van der Waals surface area contributed by atoms with E-state index in [0.717, 1.165) is 0 Å². The highest BCUT2D eigenvalue weighted by atomic mass is 16.6. The molecule has 0 amide bonds. The number of hydrogen-bond donors (Lipinski definition) is 2. The first-order valence-electron chi connectivity index (χ1n) is 6.59. The van der Waals surface area contributed by atoms with Crippen LogP contribution in [0.3, 0.4) is 0 Å². The summed E-state index contributed by atoms with van der Waals surface area (Å²) in [5.41, 5.74) is 6.61. The molecule has 0 aliphatic rings. The molecule has 0 fully saturated rings. The fraction of sp³-hybridized carbons (Fsp3) is 0.250. The van der Waals surface area contributed by atoms with Gasteiger partial charge in [-0.2, -0.15) is 0 Å². The number of aromatic nitrogens is 1. The van der Waals surface area contributed by atoms with Gasteiger partial charge in [0.2, 0.25) is 0 Å². The van der Waals surface area contributed by atoms with Gasteiger partial charge in [0, 0.05) is 17.3 Å². The van der Waals surface area contributed by atoms with Crippen molar-refractivity contribution in [3.63, 3.8) is 0 Å². The average Bonchev–Trinajstić information content (AvgIpc) is 2.38. The Bertz CT molecular complexity index is 727. The predicted octanol–water partition coefficient (Wildman–Crippen LogP) is 2.58. The molecule has 2 aromatic rings. The van der Waals surface area contributed by atoms with Crippen molar-refractivity contribution in [2.24, 2.45) is 0 Å². The van der Waals surface area contributed by atoms with Crippen LogP contribution in [0.4, 0.5) is 5.69 Å². The molecule has 0 radical (unpaired) electrons. The number of hydrogen-bond acceptors (Lipinski definition) is 4. The number of ether oxygens (including phenoxy) is 1. The van der Waals surface area contributed by atoms with E-state index in [-0.39, 0.29) is 16.8 Å². The molecular weight excluding hydrogens is 268 g/mol. The molecule has 5 nitrogen and oxygen atoms in total. The molecule has 2 rings (SSSR count). The number of benzene rings is 1. The second-order valence-corrected chi connectivity index (χ2v) is 5.68. The van der Waals surface area contributed by atoms with Crippen LogP contribution in [0.25, 0.3) is 11.1 Å². The number of H-pyrrole nitrogens is 1. The summed E-state index contributed by atoms with van der Waals surface area (Å²) in [5, 5.41) is 0. The number of pyridine rings is 1. The summed E-state index contributed by atoms with van der Waals surface area (Å²) in [7, 11) is 0. The largest absolute Gasteiger partial charge is 0.456 e. The van der Waals surface area contributed by atoms with Crippen LogP contribution in [-0.2, 0) is 4.74 Å². The summed E-state index contributed by atoms with van der Waals surface area (Å²) in [4.78, 5) is 26.6. The second-order valence-electron chi connectivity index (χ2n) is 5.68. The van der Waals surface area contributed by atoms with E-state index in [2.05, 4.69) is 4.98 Å². The quantitative estimate of drug-likeness (QED) is 0.656. The van der Waals surface area contributed by atoms with Crippen LogP contribution in [0, 0.1) is 0 Å². The number of carbonyl (C=O) groups excluding carboxylic acids is 1. The number of nitrogens with one attached hydrogen (secondary N) is 1. The molecule has 0 aliphatic heterocycles. The molecule has 1 heterocycles. The van der Waals surface area contributed by atoms with Crippen molar-refractivity contribution >= 4 is 11.7 Å². The Morgan fingerprint density at radius 3 is 2.43 bits per heavy atom. The molecule has 0 atom stereocenters. The summed E-state index contributed by atoms with van der Waals surface area (Å²) < 4.78 is 5.32. The van der Waals surface area contributed by atoms with Crippen molar-refractivity contribution < 1.29 is 9.53 Å². The van der Waals surface area contributed by atoms with E-state index in [9.17, 15) is 9.59 Å². The molecule has 0 unspecified atom stereocenters. The Morgan fingerprint density at radius 2 is 1.81 bits per heavy atom. The molecule has 0 spiro atoms. The molecule has 110 valence electrons. The summed E-state index contributed by atoms with van der Waals surface area (Å²) in [6.45, 7) is 5.35. The third kappa shape index (κ3) is 3.31. The van der Waals surface area contributed by atoms with Gasteiger partial charge in [-0.25, -0.2) is 4.79 Å². The Balaban J connectivity index is 2.49. The third-order valence-electron chi connectivity index (χ3n) is 2.83. The van der Waals surface area contributed by atoms with E-state index in [0.29, 0.717) is 11.1 Å². The molecule has 0 aliphatic carbocycles. The van der Waals surface area contributed by atoms with E-state index in [1.54, 1.807) is 57.3 Å². The maximum atomic E-state index is 12.2. The van der Waals surface area contributed by atoms with Crippen LogP contribution in [0.15, 0.2) is 41.3 Å². The molecule has 1 aromatic carbocycles. The van der Waals surface area contributed by atoms with Gasteiger partial charge in [0.1, 0.15) is 5.60 Å². The van der Waals surface area contributed by atoms with Crippen LogP contribution < -0.4 is 11.3 Å². The minimum absolute atomic E-state index is 0.239. The van der Waals surface area contributed by atoms with Gasteiger partial charge >= 0.3 is 5.97 Å². The van der Waals surface area contributed by atoms with Gasteiger partial charge < -0.3 is 15.5 Å². The zero-order valence-corrected chi connectivity index (χ0v) is 12.3. The molecule has 5 heteroatoms. The van der Waals surface area contributed by atoms with Crippen molar-refractivity contribution in [2.45, 2.75) is 26.4 Å². The van der Waals surface area contributed by atoms with Crippen LogP contribution in [-0.4, -0.2) is 16.6 Å². The average molecular weight is 286 g/mol. The SMILES string of the molecule is CC(C)(C)OC(=O)c1cccc(-c2ccc[nH]c2=O)c1N. The third-order valence-corrected chi connectivity index (χ3v) is 2.83. The van der Waals surface area contributed by atoms with E-state index in [1.165, 1.54) is 0 Å². The van der Waals surface area contributed by atoms with Crippen molar-refractivity contribution in [2.75, 3.05) is 5.73 Å². The first-order chi connectivity index (χ1) is 9.79. The summed E-state index contributed by atoms with van der Waals surface area (Å²) in [6, 6.07) is 8.33. The fourth-order valence-electron chi connectivity index (χ4n) is 1.94. The number of rotatable bonds is 2. The standard InChI is InChI=1S/C16H18N2O3/c1-16(2,3)21-15(20)12-7-4-6-10(13(12)17)11-8-5-9-18-14(11)19/h4-9H,17H2,1-3H3,(H,18,19). The Labute approximate surface area is 122 Å². The number of nitrogen functional groups attached to an aromatic ring is 1. The number of nitrogens with two attached hydrogens (primary N) is 1. The maximum absolute atomic E-state index is 12.2. The molecular formula is C16H18N2O3. The Kier molecular flexibility index (Phi) is 3.84. The number of para-hydroxylation sites is 1. The molecule has 1 aromatic heterocycles. The van der Waals surface area contributed by atoms with Gasteiger partial charge in [0.05, 0.1) is 11.3 Å². The summed E-state index contributed by atoms with van der Waals surface area (Å²) in [6.07, 6.45) is 1.54. The first-order valence-corrected chi connectivity index (χ1v) is 6.59. The lowest BCUT2D eigenvalue weighted by Gasteiger charge is -2.20. The first kappa shape index (κ1) is 14.8. The number of aromatic amines is 1. The minimum atomic E-state index is -0.607. The summed E-state index contributed by atoms with van der Waals surface area (Å²) >= 11 is 0. The zero-order valence-electron chi connectivity index (χ0n) is 12.3. The lowest BCUT2D eigenvalue weighted by atomic mass is 10.0. The van der Waals surface area contributed by atoms with Gasteiger partial charge in [0.15, 0.2) is 0 Å². The topological polar surface area (TPSA) is 85.2 Å². The van der Waals surface area contributed by atoms with Gasteiger partial charge in [-0.05, 0) is 39.0 Å². The Hall–Kier alpha value is -2.56. The van der Waals surface area contributed by atoms with Crippen molar-refractivity contribution in [1.82, 2.24) is 4.98 Å². The number of anilines is 1. The lowest BCUT2D eigenvalue weighted by Crippen LogP contribution is -2.24. The number of carbonyl (C=O) groups is 1. The second kappa shape index (κ2) is 5.44. The van der Waals surface area contributed by atoms with Gasteiger partial charge in [-0.15, -0.1) is 0 Å². The molecule has 21 heavy (non-hydrogen) atoms. The van der Waals surface area contributed by atoms with E-state index < -0.39 is 11.6 Å². The molecule has 0 bridgehead atoms. The maximum Gasteiger partial charge on any atom is 0.340 e. The van der Waals surface area contributed by atoms with Crippen LogP contribution in [0.2, 0.25) is 0 Å². The normalized spacial score (nSPS) is 11.2. The highest BCUT2D eigenvalue weighted by molar-refractivity contribution is 5.99. The highest BCUT2D eigenvalue weighted by Gasteiger charge is 2.21. The van der Waals surface area contributed by atoms with E-state index in [4.69, 9.17) is 10.5 Å². The van der Waals surface area contributed by atoms with E-state index >= 15 is 0 Å². The van der Waals surface area contributed by atoms with Gasteiger partial charge in [-0.1, -0.05) is 12.1 Å². The molecule has 0 saturated carbocycles. The minimum Gasteiger partial charge on any atom is -0.456 e. The Morgan fingerprint density at radius 1 is 1.14 bits per heavy atom. The van der Waals surface area contributed by atoms with Crippen LogP contribution in [0.1, 0.15) is 31.1 Å². The monoisotopic (exact) mass is 286 g/mol. The van der Waals surface area contributed by atoms with Crippen LogP contribution >= 0.6 is 0 Å². The number of esters is 1. The van der Waals surface area contributed by atoms with Gasteiger partial charge in [0.25, 0.3) is 5.56 Å². The van der Waals surface area contributed by atoms with Crippen LogP contribution in [0.5, 0.6) is 0 Å². The highest BCUT2D eigenvalue weighted by Crippen LogP contribution is 2.27. The zero-order chi connectivity index (χ0) is 15.6. The summed E-state index contributed by atoms with van der Waals surface area (Å²) in [5.74, 6) is -0.505. The lowest BCUT2D eigenvalue weighted by molar-refractivity contribution is 0.00708. The van der Waals surface area contributed by atoms with Crippen molar-refractivity contribution in [3.05, 3.63) is 52.4 Å². The molecule has 0 saturated heterocycles. The smallest absolute Gasteiger partial charge is 0.340 e. The fourth-order valence-corrected chi connectivity index (χ4v) is 1.94. The van der Waals surface area contributed by atoms with Crippen molar-refractivity contribution in [1.29, 1.82) is 0 Å². The predicted molar refractivity (Wildman–Crippen MR) is 82.1 cm³/mol. The van der Waals surface area contributed by atoms with Gasteiger partial charge in [-0.3, -0.25) is 4.79 Å². The molecule has 3 N–H and O–H groups in total.